The topological polar surface area (TPSA) is 78.2 Å². The summed E-state index contributed by atoms with van der Waals surface area (Å²) in [6.45, 7) is 14.1. The van der Waals surface area contributed by atoms with Crippen molar-refractivity contribution in [1.29, 1.82) is 0 Å². The van der Waals surface area contributed by atoms with Gasteiger partial charge in [-0.3, -0.25) is 4.57 Å². The second kappa shape index (κ2) is 9.16. The van der Waals surface area contributed by atoms with E-state index in [1.165, 1.54) is 30.6 Å². The summed E-state index contributed by atoms with van der Waals surface area (Å²) >= 11 is 1.51. The van der Waals surface area contributed by atoms with Crippen LogP contribution in [0.1, 0.15) is 32.4 Å². The lowest BCUT2D eigenvalue weighted by molar-refractivity contribution is -0.0178. The molecule has 0 amide bonds. The van der Waals surface area contributed by atoms with Crippen LogP contribution in [0.2, 0.25) is 0 Å². The summed E-state index contributed by atoms with van der Waals surface area (Å²) in [5, 5.41) is 3.15. The van der Waals surface area contributed by atoms with Crippen molar-refractivity contribution in [3.63, 3.8) is 0 Å². The van der Waals surface area contributed by atoms with Crippen LogP contribution in [-0.2, 0) is 0 Å². The number of nitrogens with zero attached hydrogens (tertiary/aromatic N) is 8. The number of likely N-dealkylation sites (tertiary alicyclic amines) is 1. The van der Waals surface area contributed by atoms with E-state index >= 15 is 4.39 Å². The van der Waals surface area contributed by atoms with Crippen molar-refractivity contribution in [2.24, 2.45) is 5.41 Å². The van der Waals surface area contributed by atoms with Crippen LogP contribution >= 0.6 is 11.3 Å². The Morgan fingerprint density at radius 3 is 2.50 bits per heavy atom. The maximum atomic E-state index is 15.0. The summed E-state index contributed by atoms with van der Waals surface area (Å²) < 4.78 is 17.2. The molecule has 6 heterocycles. The van der Waals surface area contributed by atoms with Gasteiger partial charge in [0.15, 0.2) is 5.82 Å². The van der Waals surface area contributed by atoms with Crippen LogP contribution in [0, 0.1) is 18.2 Å². The monoisotopic (exact) mass is 535 g/mol. The van der Waals surface area contributed by atoms with Gasteiger partial charge in [0.05, 0.1) is 23.0 Å². The highest BCUT2D eigenvalue weighted by Gasteiger charge is 2.51. The van der Waals surface area contributed by atoms with Gasteiger partial charge in [-0.2, -0.15) is 0 Å². The minimum Gasteiger partial charge on any atom is -0.369 e. The van der Waals surface area contributed by atoms with Crippen LogP contribution in [-0.4, -0.2) is 76.2 Å². The zero-order valence-corrected chi connectivity index (χ0v) is 23.6. The second-order valence-corrected chi connectivity index (χ2v) is 12.1. The van der Waals surface area contributed by atoms with E-state index in [1.54, 1.807) is 0 Å². The van der Waals surface area contributed by atoms with Crippen molar-refractivity contribution in [1.82, 2.24) is 29.4 Å². The quantitative estimate of drug-likeness (QED) is 0.357. The minimum absolute atomic E-state index is 0.214. The molecule has 38 heavy (non-hydrogen) atoms. The van der Waals surface area contributed by atoms with E-state index in [2.05, 4.69) is 61.5 Å². The Morgan fingerprint density at radius 1 is 1.11 bits per heavy atom. The summed E-state index contributed by atoms with van der Waals surface area (Å²) in [5.41, 5.74) is 3.65. The highest BCUT2D eigenvalue weighted by Crippen LogP contribution is 2.42. The minimum atomic E-state index is -0.459. The van der Waals surface area contributed by atoms with E-state index in [0.29, 0.717) is 17.2 Å². The second-order valence-electron chi connectivity index (χ2n) is 11.1. The van der Waals surface area contributed by atoms with Crippen LogP contribution < -0.4 is 15.1 Å². The SMILES string of the molecule is CCN1CC2(C1)CN(c1ccc(Nc3ncc(F)c(-c4sc5c(nc(N(C)C)n5C(C)C)c4C)n3)nc1)C2. The summed E-state index contributed by atoms with van der Waals surface area (Å²) in [6.07, 6.45) is 3.10. The lowest BCUT2D eigenvalue weighted by atomic mass is 9.72. The molecular weight excluding hydrogens is 501 g/mol. The Hall–Kier alpha value is -3.31. The Balaban J connectivity index is 1.22. The Labute approximate surface area is 226 Å². The number of hydrogen-bond acceptors (Lipinski definition) is 9. The van der Waals surface area contributed by atoms with Gasteiger partial charge in [0.1, 0.15) is 21.9 Å². The first kappa shape index (κ1) is 25.0. The average molecular weight is 536 g/mol. The summed E-state index contributed by atoms with van der Waals surface area (Å²) in [5.74, 6) is 1.36. The molecule has 0 atom stereocenters. The van der Waals surface area contributed by atoms with Crippen LogP contribution in [0.5, 0.6) is 0 Å². The number of hydrogen-bond donors (Lipinski definition) is 1. The van der Waals surface area contributed by atoms with Gasteiger partial charge in [-0.15, -0.1) is 11.3 Å². The first-order chi connectivity index (χ1) is 18.2. The smallest absolute Gasteiger partial charge is 0.229 e. The molecule has 1 N–H and O–H groups in total. The fourth-order valence-electron chi connectivity index (χ4n) is 5.66. The first-order valence-electron chi connectivity index (χ1n) is 13.1. The van der Waals surface area contributed by atoms with Crippen LogP contribution in [0.15, 0.2) is 24.5 Å². The summed E-state index contributed by atoms with van der Waals surface area (Å²) in [7, 11) is 3.97. The predicted molar refractivity (Wildman–Crippen MR) is 152 cm³/mol. The van der Waals surface area contributed by atoms with E-state index in [4.69, 9.17) is 4.98 Å². The first-order valence-corrected chi connectivity index (χ1v) is 13.9. The van der Waals surface area contributed by atoms with Crippen LogP contribution in [0.4, 0.5) is 27.8 Å². The number of pyridine rings is 1. The Kier molecular flexibility index (Phi) is 6.03. The molecule has 11 heteroatoms. The number of nitrogens with one attached hydrogen (secondary N) is 1. The molecule has 2 aliphatic rings. The molecule has 2 saturated heterocycles. The molecular formula is C27H34FN9S. The number of imidazole rings is 1. The third-order valence-electron chi connectivity index (χ3n) is 7.59. The normalized spacial score (nSPS) is 16.8. The maximum Gasteiger partial charge on any atom is 0.229 e. The number of rotatable bonds is 7. The molecule has 0 radical (unpaired) electrons. The summed E-state index contributed by atoms with van der Waals surface area (Å²) in [4.78, 5) is 26.8. The maximum absolute atomic E-state index is 15.0. The number of aryl methyl sites for hydroxylation is 1. The molecule has 6 rings (SSSR count). The number of fused-ring (bicyclic) bond motifs is 1. The van der Waals surface area contributed by atoms with E-state index in [-0.39, 0.29) is 11.7 Å². The van der Waals surface area contributed by atoms with Crippen molar-refractivity contribution >= 4 is 45.1 Å². The number of halogens is 1. The van der Waals surface area contributed by atoms with E-state index in [1.807, 2.05) is 38.2 Å². The van der Waals surface area contributed by atoms with Gasteiger partial charge in [0.2, 0.25) is 11.9 Å². The van der Waals surface area contributed by atoms with Crippen molar-refractivity contribution in [3.8, 4) is 10.6 Å². The molecule has 0 aliphatic carbocycles. The lowest BCUT2D eigenvalue weighted by Gasteiger charge is -2.61. The number of aromatic nitrogens is 5. The molecule has 0 unspecified atom stereocenters. The zero-order valence-electron chi connectivity index (χ0n) is 22.8. The molecule has 4 aromatic rings. The Morgan fingerprint density at radius 2 is 1.87 bits per heavy atom. The van der Waals surface area contributed by atoms with E-state index in [0.717, 1.165) is 52.1 Å². The predicted octanol–water partition coefficient (Wildman–Crippen LogP) is 4.93. The number of thiophene rings is 1. The zero-order chi connectivity index (χ0) is 26.8. The van der Waals surface area contributed by atoms with Gasteiger partial charge < -0.3 is 20.0 Å². The van der Waals surface area contributed by atoms with Crippen LogP contribution in [0.3, 0.4) is 0 Å². The molecule has 200 valence electrons. The highest BCUT2D eigenvalue weighted by atomic mass is 32.1. The molecule has 0 aromatic carbocycles. The van der Waals surface area contributed by atoms with Gasteiger partial charge in [-0.25, -0.2) is 24.3 Å². The molecule has 2 aliphatic heterocycles. The van der Waals surface area contributed by atoms with E-state index in [9.17, 15) is 0 Å². The van der Waals surface area contributed by atoms with Gasteiger partial charge in [0, 0.05) is 51.7 Å². The van der Waals surface area contributed by atoms with Gasteiger partial charge >= 0.3 is 0 Å². The Bertz CT molecular complexity index is 1480. The molecule has 4 aromatic heterocycles. The van der Waals surface area contributed by atoms with Crippen molar-refractivity contribution < 1.29 is 4.39 Å². The molecule has 2 fully saturated rings. The van der Waals surface area contributed by atoms with Crippen molar-refractivity contribution in [2.75, 3.05) is 61.9 Å². The van der Waals surface area contributed by atoms with Crippen molar-refractivity contribution in [3.05, 3.63) is 35.9 Å². The fourth-order valence-corrected chi connectivity index (χ4v) is 7.03. The van der Waals surface area contributed by atoms with Gasteiger partial charge in [-0.05, 0) is 45.0 Å². The standard InChI is InChI=1S/C27H34FN9S/c1-7-35-12-27(13-35)14-36(15-27)18-8-9-20(29-10-18)31-25-30-11-19(28)22(32-25)23-17(4)21-24(38-23)37(16(2)3)26(33-21)34(5)6/h8-11,16H,7,12-15H2,1-6H3,(H,29,30,31,32). The van der Waals surface area contributed by atoms with Gasteiger partial charge in [0.25, 0.3) is 0 Å². The van der Waals surface area contributed by atoms with Crippen molar-refractivity contribution in [2.45, 2.75) is 33.7 Å². The van der Waals surface area contributed by atoms with E-state index < -0.39 is 5.82 Å². The largest absolute Gasteiger partial charge is 0.369 e. The van der Waals surface area contributed by atoms with Gasteiger partial charge in [-0.1, -0.05) is 6.92 Å². The molecule has 9 nitrogen and oxygen atoms in total. The van der Waals surface area contributed by atoms with Crippen LogP contribution in [0.25, 0.3) is 20.9 Å². The molecule has 0 bridgehead atoms. The summed E-state index contributed by atoms with van der Waals surface area (Å²) in [6, 6.07) is 4.21. The lowest BCUT2D eigenvalue weighted by Crippen LogP contribution is -2.72. The highest BCUT2D eigenvalue weighted by molar-refractivity contribution is 7.22. The average Bonchev–Trinajstić information content (AvgIpc) is 3.37. The number of anilines is 4. The molecule has 0 saturated carbocycles. The third-order valence-corrected chi connectivity index (χ3v) is 8.88. The molecule has 1 spiro atoms. The fraction of sp³-hybridized carbons (Fsp3) is 0.481. The third kappa shape index (κ3) is 4.08.